The number of rotatable bonds is 3. The Bertz CT molecular complexity index is 874. The molecule has 0 aliphatic heterocycles. The number of hydrogen-bond acceptors (Lipinski definition) is 4. The maximum absolute atomic E-state index is 11.5. The van der Waals surface area contributed by atoms with Gasteiger partial charge in [-0.05, 0) is 30.3 Å². The number of phenols is 1. The fourth-order valence-corrected chi connectivity index (χ4v) is 2.35. The molecule has 5 heteroatoms. The molecule has 0 aliphatic carbocycles. The van der Waals surface area contributed by atoms with Gasteiger partial charge in [-0.1, -0.05) is 18.2 Å². The van der Waals surface area contributed by atoms with Crippen molar-refractivity contribution in [2.24, 2.45) is 0 Å². The third-order valence-electron chi connectivity index (χ3n) is 3.42. The zero-order chi connectivity index (χ0) is 15.7. The van der Waals surface area contributed by atoms with Crippen molar-refractivity contribution in [2.75, 3.05) is 7.11 Å². The van der Waals surface area contributed by atoms with Gasteiger partial charge >= 0.3 is 5.97 Å². The Hall–Kier alpha value is -3.08. The molecule has 110 valence electrons. The number of methoxy groups -OCH3 is 1. The molecule has 5 nitrogen and oxygen atoms in total. The minimum Gasteiger partial charge on any atom is -0.504 e. The number of para-hydroxylation sites is 1. The van der Waals surface area contributed by atoms with Crippen molar-refractivity contribution in [3.05, 3.63) is 54.1 Å². The Balaban J connectivity index is 2.23. The number of carbonyl (C=O) groups is 1. The van der Waals surface area contributed by atoms with Gasteiger partial charge < -0.3 is 14.9 Å². The first-order valence-corrected chi connectivity index (χ1v) is 6.60. The lowest BCUT2D eigenvalue weighted by atomic mass is 10.0. The number of fused-ring (bicyclic) bond motifs is 1. The van der Waals surface area contributed by atoms with Gasteiger partial charge in [0.25, 0.3) is 0 Å². The normalized spacial score (nSPS) is 10.6. The smallest absolute Gasteiger partial charge is 0.336 e. The number of carboxylic acids is 1. The lowest BCUT2D eigenvalue weighted by Gasteiger charge is -2.09. The summed E-state index contributed by atoms with van der Waals surface area (Å²) in [7, 11) is 1.46. The third kappa shape index (κ3) is 2.33. The largest absolute Gasteiger partial charge is 0.504 e. The van der Waals surface area contributed by atoms with E-state index in [1.807, 2.05) is 0 Å². The monoisotopic (exact) mass is 295 g/mol. The Morgan fingerprint density at radius 3 is 2.59 bits per heavy atom. The highest BCUT2D eigenvalue weighted by molar-refractivity contribution is 6.03. The molecule has 0 saturated carbocycles. The van der Waals surface area contributed by atoms with Crippen LogP contribution in [0.4, 0.5) is 0 Å². The summed E-state index contributed by atoms with van der Waals surface area (Å²) in [5, 5.41) is 19.8. The molecule has 0 aliphatic rings. The van der Waals surface area contributed by atoms with Crippen molar-refractivity contribution in [3.63, 3.8) is 0 Å². The van der Waals surface area contributed by atoms with Crippen LogP contribution < -0.4 is 4.74 Å². The van der Waals surface area contributed by atoms with Crippen molar-refractivity contribution in [2.45, 2.75) is 0 Å². The molecule has 22 heavy (non-hydrogen) atoms. The Kier molecular flexibility index (Phi) is 3.39. The molecule has 0 bridgehead atoms. The van der Waals surface area contributed by atoms with Crippen LogP contribution in [0.25, 0.3) is 22.2 Å². The van der Waals surface area contributed by atoms with Crippen LogP contribution in [0.2, 0.25) is 0 Å². The Labute approximate surface area is 126 Å². The number of nitrogens with zero attached hydrogens (tertiary/aromatic N) is 1. The quantitative estimate of drug-likeness (QED) is 0.775. The van der Waals surface area contributed by atoms with E-state index < -0.39 is 5.97 Å². The summed E-state index contributed by atoms with van der Waals surface area (Å²) < 4.78 is 5.00. The number of aromatic hydroxyl groups is 1. The standard InChI is InChI=1S/C17H13NO4/c1-22-16-7-6-10(8-15(16)19)14-9-12(17(20)21)11-4-2-3-5-13(11)18-14/h2-9,19H,1H3,(H,20,21). The highest BCUT2D eigenvalue weighted by Gasteiger charge is 2.13. The molecule has 2 N–H and O–H groups in total. The lowest BCUT2D eigenvalue weighted by molar-refractivity contribution is 0.0699. The second kappa shape index (κ2) is 5.37. The van der Waals surface area contributed by atoms with Gasteiger partial charge in [0.05, 0.1) is 23.9 Å². The minimum atomic E-state index is -1.02. The van der Waals surface area contributed by atoms with Crippen LogP contribution in [-0.4, -0.2) is 28.3 Å². The summed E-state index contributed by atoms with van der Waals surface area (Å²) in [6.45, 7) is 0. The van der Waals surface area contributed by atoms with Crippen LogP contribution in [0.3, 0.4) is 0 Å². The number of pyridine rings is 1. The molecule has 1 aromatic heterocycles. The molecule has 0 atom stereocenters. The molecule has 0 unspecified atom stereocenters. The summed E-state index contributed by atoms with van der Waals surface area (Å²) in [6, 6.07) is 13.4. The van der Waals surface area contributed by atoms with Crippen LogP contribution in [0.5, 0.6) is 11.5 Å². The zero-order valence-electron chi connectivity index (χ0n) is 11.8. The van der Waals surface area contributed by atoms with Crippen molar-refractivity contribution >= 4 is 16.9 Å². The van der Waals surface area contributed by atoms with Crippen LogP contribution >= 0.6 is 0 Å². The average Bonchev–Trinajstić information content (AvgIpc) is 2.53. The molecule has 1 heterocycles. The van der Waals surface area contributed by atoms with Crippen LogP contribution in [0.1, 0.15) is 10.4 Å². The third-order valence-corrected chi connectivity index (χ3v) is 3.42. The van der Waals surface area contributed by atoms with E-state index in [0.717, 1.165) is 0 Å². The van der Waals surface area contributed by atoms with Crippen LogP contribution in [0.15, 0.2) is 48.5 Å². The van der Waals surface area contributed by atoms with Crippen molar-refractivity contribution in [1.29, 1.82) is 0 Å². The summed E-state index contributed by atoms with van der Waals surface area (Å²) in [6.07, 6.45) is 0. The summed E-state index contributed by atoms with van der Waals surface area (Å²) in [4.78, 5) is 15.9. The summed E-state index contributed by atoms with van der Waals surface area (Å²) >= 11 is 0. The minimum absolute atomic E-state index is 0.0215. The van der Waals surface area contributed by atoms with Gasteiger partial charge in [-0.15, -0.1) is 0 Å². The fraction of sp³-hybridized carbons (Fsp3) is 0.0588. The zero-order valence-corrected chi connectivity index (χ0v) is 11.8. The van der Waals surface area contributed by atoms with Gasteiger partial charge in [0, 0.05) is 10.9 Å². The van der Waals surface area contributed by atoms with Gasteiger partial charge in [-0.3, -0.25) is 0 Å². The number of phenolic OH excluding ortho intramolecular Hbond substituents is 1. The molecule has 0 fully saturated rings. The Morgan fingerprint density at radius 1 is 1.14 bits per heavy atom. The van der Waals surface area contributed by atoms with E-state index in [-0.39, 0.29) is 11.3 Å². The van der Waals surface area contributed by atoms with Crippen molar-refractivity contribution < 1.29 is 19.7 Å². The first kappa shape index (κ1) is 13.9. The summed E-state index contributed by atoms with van der Waals surface area (Å²) in [5.74, 6) is -0.688. The molecule has 0 amide bonds. The van der Waals surface area contributed by atoms with E-state index in [4.69, 9.17) is 4.74 Å². The number of benzene rings is 2. The molecule has 0 radical (unpaired) electrons. The highest BCUT2D eigenvalue weighted by atomic mass is 16.5. The van der Waals surface area contributed by atoms with Gasteiger partial charge in [-0.2, -0.15) is 0 Å². The van der Waals surface area contributed by atoms with Gasteiger partial charge in [0.1, 0.15) is 0 Å². The predicted molar refractivity (Wildman–Crippen MR) is 82.4 cm³/mol. The lowest BCUT2D eigenvalue weighted by Crippen LogP contribution is -2.00. The number of hydrogen-bond donors (Lipinski definition) is 2. The number of aromatic carboxylic acids is 1. The molecular weight excluding hydrogens is 282 g/mol. The van der Waals surface area contributed by atoms with Gasteiger partial charge in [0.15, 0.2) is 11.5 Å². The maximum atomic E-state index is 11.5. The van der Waals surface area contributed by atoms with E-state index in [0.29, 0.717) is 27.9 Å². The van der Waals surface area contributed by atoms with Crippen LogP contribution in [-0.2, 0) is 0 Å². The van der Waals surface area contributed by atoms with E-state index in [1.165, 1.54) is 19.2 Å². The van der Waals surface area contributed by atoms with E-state index >= 15 is 0 Å². The first-order valence-electron chi connectivity index (χ1n) is 6.60. The Morgan fingerprint density at radius 2 is 1.91 bits per heavy atom. The SMILES string of the molecule is COc1ccc(-c2cc(C(=O)O)c3ccccc3n2)cc1O. The average molecular weight is 295 g/mol. The number of ether oxygens (including phenoxy) is 1. The second-order valence-electron chi connectivity index (χ2n) is 4.76. The van der Waals surface area contributed by atoms with E-state index in [2.05, 4.69) is 4.98 Å². The topological polar surface area (TPSA) is 79.7 Å². The summed E-state index contributed by atoms with van der Waals surface area (Å²) in [5.41, 5.74) is 1.87. The number of carboxylic acid groups (broad SMARTS) is 1. The van der Waals surface area contributed by atoms with Crippen molar-refractivity contribution in [3.8, 4) is 22.8 Å². The fourth-order valence-electron chi connectivity index (χ4n) is 2.35. The molecule has 0 saturated heterocycles. The molecule has 2 aromatic carbocycles. The predicted octanol–water partition coefficient (Wildman–Crippen LogP) is 3.31. The van der Waals surface area contributed by atoms with E-state index in [1.54, 1.807) is 36.4 Å². The van der Waals surface area contributed by atoms with Gasteiger partial charge in [0.2, 0.25) is 0 Å². The number of aromatic nitrogens is 1. The van der Waals surface area contributed by atoms with Crippen molar-refractivity contribution in [1.82, 2.24) is 4.98 Å². The molecular formula is C17H13NO4. The molecule has 0 spiro atoms. The molecule has 3 aromatic rings. The maximum Gasteiger partial charge on any atom is 0.336 e. The van der Waals surface area contributed by atoms with Gasteiger partial charge in [-0.25, -0.2) is 9.78 Å². The molecule has 3 rings (SSSR count). The second-order valence-corrected chi connectivity index (χ2v) is 4.76. The van der Waals surface area contributed by atoms with E-state index in [9.17, 15) is 15.0 Å². The highest BCUT2D eigenvalue weighted by Crippen LogP contribution is 2.32. The first-order chi connectivity index (χ1) is 10.6. The van der Waals surface area contributed by atoms with Crippen LogP contribution in [0, 0.1) is 0 Å².